The molecule has 2 aromatic carbocycles. The van der Waals surface area contributed by atoms with Crippen molar-refractivity contribution in [2.24, 2.45) is 0 Å². The number of ether oxygens (including phenoxy) is 1. The van der Waals surface area contributed by atoms with Gasteiger partial charge in [-0.2, -0.15) is 4.98 Å². The molecule has 0 N–H and O–H groups in total. The molecule has 0 radical (unpaired) electrons. The molecular weight excluding hydrogens is 323 g/mol. The number of aldehydes is 1. The Morgan fingerprint density at radius 2 is 1.92 bits per heavy atom. The van der Waals surface area contributed by atoms with Gasteiger partial charge in [-0.05, 0) is 31.5 Å². The van der Waals surface area contributed by atoms with Crippen molar-refractivity contribution in [2.45, 2.75) is 26.4 Å². The minimum Gasteiger partial charge on any atom is -0.488 e. The molecule has 0 saturated carbocycles. The van der Waals surface area contributed by atoms with Crippen LogP contribution in [0.5, 0.6) is 5.75 Å². The average Bonchev–Trinajstić information content (AvgIpc) is 3.13. The van der Waals surface area contributed by atoms with Gasteiger partial charge in [0.1, 0.15) is 6.29 Å². The maximum Gasteiger partial charge on any atom is 0.258 e. The average molecular weight is 340 g/mol. The number of hydrogen-bond acceptors (Lipinski definition) is 5. The SMILES string of the molecule is CC[C@H](C)Oc1ccc(-c2nc(-c3ccc(C=O)cc3)no2)cc1F. The molecule has 0 spiro atoms. The molecule has 1 atom stereocenters. The highest BCUT2D eigenvalue weighted by atomic mass is 19.1. The van der Waals surface area contributed by atoms with Crippen LogP contribution >= 0.6 is 0 Å². The number of benzene rings is 2. The van der Waals surface area contributed by atoms with Gasteiger partial charge in [0, 0.05) is 16.7 Å². The first-order chi connectivity index (χ1) is 12.1. The van der Waals surface area contributed by atoms with E-state index >= 15 is 0 Å². The number of hydrogen-bond donors (Lipinski definition) is 0. The third kappa shape index (κ3) is 3.74. The number of nitrogens with zero attached hydrogens (tertiary/aromatic N) is 2. The Morgan fingerprint density at radius 1 is 1.20 bits per heavy atom. The van der Waals surface area contributed by atoms with E-state index in [1.54, 1.807) is 36.4 Å². The van der Waals surface area contributed by atoms with Crippen LogP contribution in [-0.2, 0) is 0 Å². The summed E-state index contributed by atoms with van der Waals surface area (Å²) in [6.07, 6.45) is 1.48. The van der Waals surface area contributed by atoms with Crippen LogP contribution < -0.4 is 4.74 Å². The van der Waals surface area contributed by atoms with E-state index in [4.69, 9.17) is 9.26 Å². The van der Waals surface area contributed by atoms with E-state index in [-0.39, 0.29) is 17.7 Å². The fraction of sp³-hybridized carbons (Fsp3) is 0.211. The van der Waals surface area contributed by atoms with Gasteiger partial charge in [-0.3, -0.25) is 4.79 Å². The minimum absolute atomic E-state index is 0.0651. The Morgan fingerprint density at radius 3 is 2.56 bits per heavy atom. The van der Waals surface area contributed by atoms with Crippen molar-refractivity contribution in [2.75, 3.05) is 0 Å². The number of halogens is 1. The molecular formula is C19H17FN2O3. The molecule has 1 aromatic heterocycles. The van der Waals surface area contributed by atoms with E-state index in [1.165, 1.54) is 6.07 Å². The number of carbonyl (C=O) groups excluding carboxylic acids is 1. The smallest absolute Gasteiger partial charge is 0.258 e. The number of carbonyl (C=O) groups is 1. The largest absolute Gasteiger partial charge is 0.488 e. The van der Waals surface area contributed by atoms with Gasteiger partial charge in [-0.25, -0.2) is 4.39 Å². The topological polar surface area (TPSA) is 65.2 Å². The molecule has 3 aromatic rings. The zero-order valence-corrected chi connectivity index (χ0v) is 13.9. The Bertz CT molecular complexity index is 875. The van der Waals surface area contributed by atoms with Gasteiger partial charge in [-0.1, -0.05) is 36.3 Å². The lowest BCUT2D eigenvalue weighted by atomic mass is 10.1. The molecule has 0 unspecified atom stereocenters. The third-order valence-electron chi connectivity index (χ3n) is 3.81. The minimum atomic E-state index is -0.479. The predicted octanol–water partition coefficient (Wildman–Crippen LogP) is 4.53. The van der Waals surface area contributed by atoms with Crippen LogP contribution in [0, 0.1) is 5.82 Å². The molecule has 0 aliphatic heterocycles. The molecule has 0 bridgehead atoms. The first kappa shape index (κ1) is 16.8. The Hall–Kier alpha value is -3.02. The summed E-state index contributed by atoms with van der Waals surface area (Å²) in [6.45, 7) is 3.85. The van der Waals surface area contributed by atoms with Crippen LogP contribution in [0.15, 0.2) is 47.0 Å². The molecule has 0 saturated heterocycles. The Kier molecular flexibility index (Phi) is 4.88. The van der Waals surface area contributed by atoms with Crippen molar-refractivity contribution in [3.63, 3.8) is 0 Å². The first-order valence-corrected chi connectivity index (χ1v) is 7.96. The lowest BCUT2D eigenvalue weighted by Gasteiger charge is -2.13. The normalized spacial score (nSPS) is 12.0. The zero-order valence-electron chi connectivity index (χ0n) is 13.9. The van der Waals surface area contributed by atoms with Crippen molar-refractivity contribution >= 4 is 6.29 Å². The molecule has 25 heavy (non-hydrogen) atoms. The van der Waals surface area contributed by atoms with Crippen molar-refractivity contribution in [1.82, 2.24) is 10.1 Å². The molecule has 6 heteroatoms. The summed E-state index contributed by atoms with van der Waals surface area (Å²) in [5.74, 6) is 0.298. The monoisotopic (exact) mass is 340 g/mol. The van der Waals surface area contributed by atoms with Crippen molar-refractivity contribution < 1.29 is 18.4 Å². The second-order valence-electron chi connectivity index (χ2n) is 5.64. The standard InChI is InChI=1S/C19H17FN2O3/c1-3-12(2)24-17-9-8-15(10-16(17)20)19-21-18(22-25-19)14-6-4-13(11-23)5-7-14/h4-12H,3H2,1-2H3/t12-/m0/s1. The number of aromatic nitrogens is 2. The highest BCUT2D eigenvalue weighted by Crippen LogP contribution is 2.27. The Labute approximate surface area is 144 Å². The maximum absolute atomic E-state index is 14.2. The molecule has 0 fully saturated rings. The van der Waals surface area contributed by atoms with Crippen LogP contribution in [0.25, 0.3) is 22.8 Å². The van der Waals surface area contributed by atoms with Crippen LogP contribution in [0.3, 0.4) is 0 Å². The third-order valence-corrected chi connectivity index (χ3v) is 3.81. The van der Waals surface area contributed by atoms with Crippen LogP contribution in [0.4, 0.5) is 4.39 Å². The molecule has 1 heterocycles. The summed E-state index contributed by atoms with van der Waals surface area (Å²) >= 11 is 0. The van der Waals surface area contributed by atoms with Crippen LogP contribution in [0.2, 0.25) is 0 Å². The van der Waals surface area contributed by atoms with E-state index in [9.17, 15) is 9.18 Å². The summed E-state index contributed by atoms with van der Waals surface area (Å²) < 4.78 is 24.9. The van der Waals surface area contributed by atoms with Gasteiger partial charge in [0.05, 0.1) is 6.10 Å². The summed E-state index contributed by atoms with van der Waals surface area (Å²) in [4.78, 5) is 15.0. The quantitative estimate of drug-likeness (QED) is 0.617. The van der Waals surface area contributed by atoms with Crippen LogP contribution in [-0.4, -0.2) is 22.5 Å². The molecule has 128 valence electrons. The Balaban J connectivity index is 1.84. The molecule has 0 aliphatic rings. The van der Waals surface area contributed by atoms with Gasteiger partial charge < -0.3 is 9.26 Å². The van der Waals surface area contributed by atoms with E-state index in [2.05, 4.69) is 10.1 Å². The summed E-state index contributed by atoms with van der Waals surface area (Å²) in [5.41, 5.74) is 1.74. The van der Waals surface area contributed by atoms with Gasteiger partial charge in [0.15, 0.2) is 11.6 Å². The zero-order chi connectivity index (χ0) is 17.8. The summed E-state index contributed by atoms with van der Waals surface area (Å²) in [5, 5.41) is 3.90. The predicted molar refractivity (Wildman–Crippen MR) is 90.9 cm³/mol. The fourth-order valence-electron chi connectivity index (χ4n) is 2.20. The van der Waals surface area contributed by atoms with Gasteiger partial charge in [-0.15, -0.1) is 0 Å². The summed E-state index contributed by atoms with van der Waals surface area (Å²) in [6, 6.07) is 11.3. The molecule has 0 aliphatic carbocycles. The van der Waals surface area contributed by atoms with Crippen molar-refractivity contribution in [1.29, 1.82) is 0 Å². The second kappa shape index (κ2) is 7.25. The number of rotatable bonds is 6. The van der Waals surface area contributed by atoms with E-state index in [0.29, 0.717) is 22.5 Å². The van der Waals surface area contributed by atoms with Gasteiger partial charge in [0.25, 0.3) is 5.89 Å². The highest BCUT2D eigenvalue weighted by molar-refractivity contribution is 5.76. The first-order valence-electron chi connectivity index (χ1n) is 7.96. The van der Waals surface area contributed by atoms with Gasteiger partial charge >= 0.3 is 0 Å². The molecule has 5 nitrogen and oxygen atoms in total. The van der Waals surface area contributed by atoms with E-state index in [0.717, 1.165) is 12.7 Å². The van der Waals surface area contributed by atoms with E-state index < -0.39 is 5.82 Å². The van der Waals surface area contributed by atoms with Crippen LogP contribution in [0.1, 0.15) is 30.6 Å². The van der Waals surface area contributed by atoms with Crippen molar-refractivity contribution in [3.05, 3.63) is 53.8 Å². The molecule has 0 amide bonds. The second-order valence-corrected chi connectivity index (χ2v) is 5.64. The molecule has 3 rings (SSSR count). The van der Waals surface area contributed by atoms with E-state index in [1.807, 2.05) is 13.8 Å². The highest BCUT2D eigenvalue weighted by Gasteiger charge is 2.14. The van der Waals surface area contributed by atoms with Gasteiger partial charge in [0.2, 0.25) is 5.82 Å². The summed E-state index contributed by atoms with van der Waals surface area (Å²) in [7, 11) is 0. The fourth-order valence-corrected chi connectivity index (χ4v) is 2.20. The van der Waals surface area contributed by atoms with Crippen molar-refractivity contribution in [3.8, 4) is 28.6 Å². The lowest BCUT2D eigenvalue weighted by molar-refractivity contribution is 0.112. The lowest BCUT2D eigenvalue weighted by Crippen LogP contribution is -2.10. The maximum atomic E-state index is 14.2.